The molecule has 0 fully saturated rings. The topological polar surface area (TPSA) is 61.1 Å². The Morgan fingerprint density at radius 1 is 1.42 bits per heavy atom. The number of aryl methyl sites for hydroxylation is 1. The van der Waals surface area contributed by atoms with E-state index in [4.69, 9.17) is 5.73 Å². The van der Waals surface area contributed by atoms with E-state index in [1.165, 1.54) is 0 Å². The van der Waals surface area contributed by atoms with Crippen LogP contribution in [0.15, 0.2) is 35.3 Å². The summed E-state index contributed by atoms with van der Waals surface area (Å²) in [6.07, 6.45) is 6.58. The van der Waals surface area contributed by atoms with Crippen LogP contribution in [-0.2, 0) is 6.54 Å². The molecular weight excluding hydrogens is 306 g/mol. The molecule has 0 aromatic carbocycles. The summed E-state index contributed by atoms with van der Waals surface area (Å²) in [5.74, 6) is 0.633. The second-order valence-corrected chi connectivity index (χ2v) is 5.22. The van der Waals surface area contributed by atoms with Gasteiger partial charge in [0, 0.05) is 12.7 Å². The predicted octanol–water partition coefficient (Wildman–Crippen LogP) is 2.95. The Kier molecular flexibility index (Phi) is 3.02. The van der Waals surface area contributed by atoms with Crippen LogP contribution in [0.1, 0.15) is 13.3 Å². The molecule has 0 saturated carbocycles. The van der Waals surface area contributed by atoms with E-state index in [-0.39, 0.29) is 0 Å². The first-order chi connectivity index (χ1) is 9.22. The van der Waals surface area contributed by atoms with Crippen LogP contribution in [0.25, 0.3) is 17.0 Å². The minimum atomic E-state index is 0.633. The Morgan fingerprint density at radius 2 is 2.26 bits per heavy atom. The van der Waals surface area contributed by atoms with Crippen LogP contribution in [0.4, 0.5) is 5.82 Å². The summed E-state index contributed by atoms with van der Waals surface area (Å²) in [5.41, 5.74) is 8.75. The molecule has 0 atom stereocenters. The van der Waals surface area contributed by atoms with Gasteiger partial charge >= 0.3 is 0 Å². The Hall–Kier alpha value is -1.82. The number of nitrogens with two attached hydrogens (primary N) is 1. The average Bonchev–Trinajstić information content (AvgIpc) is 2.97. The van der Waals surface area contributed by atoms with Crippen molar-refractivity contribution >= 4 is 27.4 Å². The number of imidazole rings is 2. The number of hydrogen-bond donors (Lipinski definition) is 1. The molecule has 0 amide bonds. The van der Waals surface area contributed by atoms with Crippen molar-refractivity contribution in [3.8, 4) is 11.4 Å². The number of fused-ring (bicyclic) bond motifs is 1. The molecule has 3 rings (SSSR count). The number of nitrogen functional groups attached to an aromatic ring is 1. The first-order valence-corrected chi connectivity index (χ1v) is 6.94. The van der Waals surface area contributed by atoms with Crippen LogP contribution in [0.5, 0.6) is 0 Å². The van der Waals surface area contributed by atoms with Gasteiger partial charge in [0.05, 0.1) is 22.7 Å². The van der Waals surface area contributed by atoms with Crippen molar-refractivity contribution in [2.45, 2.75) is 19.9 Å². The standard InChI is InChI=1S/C13H14BrN5/c1-2-5-18-8-16-7-10(18)11-12(15)19-6-3-4-9(14)13(19)17-11/h3-4,6-8H,2,5,15H2,1H3. The SMILES string of the molecule is CCCn1cncc1-c1nc2c(Br)cccn2c1N. The second-order valence-electron chi connectivity index (χ2n) is 4.37. The molecule has 0 aliphatic heterocycles. The molecule has 0 aliphatic carbocycles. The van der Waals surface area contributed by atoms with Crippen molar-refractivity contribution in [1.82, 2.24) is 18.9 Å². The number of nitrogens with zero attached hydrogens (tertiary/aromatic N) is 4. The molecule has 3 heterocycles. The summed E-state index contributed by atoms with van der Waals surface area (Å²) >= 11 is 3.50. The zero-order valence-corrected chi connectivity index (χ0v) is 12.1. The van der Waals surface area contributed by atoms with Crippen molar-refractivity contribution < 1.29 is 0 Å². The summed E-state index contributed by atoms with van der Waals surface area (Å²) in [4.78, 5) is 8.82. The molecule has 6 heteroatoms. The fraction of sp³-hybridized carbons (Fsp3) is 0.231. The predicted molar refractivity (Wildman–Crippen MR) is 78.8 cm³/mol. The van der Waals surface area contributed by atoms with Crippen molar-refractivity contribution in [3.63, 3.8) is 0 Å². The van der Waals surface area contributed by atoms with Crippen LogP contribution >= 0.6 is 15.9 Å². The second kappa shape index (κ2) is 4.70. The third-order valence-electron chi connectivity index (χ3n) is 3.06. The highest BCUT2D eigenvalue weighted by Crippen LogP contribution is 2.29. The minimum Gasteiger partial charge on any atom is -0.383 e. The lowest BCUT2D eigenvalue weighted by Crippen LogP contribution is -2.00. The quantitative estimate of drug-likeness (QED) is 0.807. The van der Waals surface area contributed by atoms with Crippen molar-refractivity contribution in [2.75, 3.05) is 5.73 Å². The molecule has 3 aromatic rings. The fourth-order valence-corrected chi connectivity index (χ4v) is 2.61. The van der Waals surface area contributed by atoms with Gasteiger partial charge < -0.3 is 10.3 Å². The normalized spacial score (nSPS) is 11.3. The number of halogens is 1. The molecule has 0 spiro atoms. The van der Waals surface area contributed by atoms with E-state index in [2.05, 4.69) is 37.4 Å². The van der Waals surface area contributed by atoms with E-state index in [0.29, 0.717) is 5.82 Å². The zero-order chi connectivity index (χ0) is 13.4. The van der Waals surface area contributed by atoms with E-state index < -0.39 is 0 Å². The van der Waals surface area contributed by atoms with Gasteiger partial charge in [-0.25, -0.2) is 9.97 Å². The van der Waals surface area contributed by atoms with Gasteiger partial charge in [-0.05, 0) is 34.5 Å². The van der Waals surface area contributed by atoms with Crippen LogP contribution in [0.2, 0.25) is 0 Å². The van der Waals surface area contributed by atoms with E-state index in [1.807, 2.05) is 35.3 Å². The molecule has 2 N–H and O–H groups in total. The maximum absolute atomic E-state index is 6.20. The lowest BCUT2D eigenvalue weighted by Gasteiger charge is -2.04. The number of pyridine rings is 1. The van der Waals surface area contributed by atoms with Gasteiger partial charge in [-0.3, -0.25) is 4.40 Å². The lowest BCUT2D eigenvalue weighted by atomic mass is 10.3. The molecule has 98 valence electrons. The van der Waals surface area contributed by atoms with Gasteiger partial charge in [-0.2, -0.15) is 0 Å². The molecule has 3 aromatic heterocycles. The maximum Gasteiger partial charge on any atom is 0.153 e. The van der Waals surface area contributed by atoms with Crippen LogP contribution in [-0.4, -0.2) is 18.9 Å². The maximum atomic E-state index is 6.20. The third kappa shape index (κ3) is 1.92. The van der Waals surface area contributed by atoms with E-state index >= 15 is 0 Å². The van der Waals surface area contributed by atoms with Crippen molar-refractivity contribution in [1.29, 1.82) is 0 Å². The number of hydrogen-bond acceptors (Lipinski definition) is 3. The van der Waals surface area contributed by atoms with Crippen molar-refractivity contribution in [3.05, 3.63) is 35.3 Å². The summed E-state index contributed by atoms with van der Waals surface area (Å²) in [5, 5.41) is 0. The van der Waals surface area contributed by atoms with Gasteiger partial charge in [0.1, 0.15) is 11.5 Å². The van der Waals surface area contributed by atoms with Gasteiger partial charge in [0.25, 0.3) is 0 Å². The fourth-order valence-electron chi connectivity index (χ4n) is 2.18. The summed E-state index contributed by atoms with van der Waals surface area (Å²) in [7, 11) is 0. The summed E-state index contributed by atoms with van der Waals surface area (Å²) in [6, 6.07) is 3.89. The largest absolute Gasteiger partial charge is 0.383 e. The third-order valence-corrected chi connectivity index (χ3v) is 3.68. The van der Waals surface area contributed by atoms with Gasteiger partial charge in [0.15, 0.2) is 5.65 Å². The molecule has 0 radical (unpaired) electrons. The molecule has 19 heavy (non-hydrogen) atoms. The Labute approximate surface area is 119 Å². The van der Waals surface area contributed by atoms with E-state index in [0.717, 1.165) is 34.5 Å². The Morgan fingerprint density at radius 3 is 3.00 bits per heavy atom. The molecule has 0 unspecified atom stereocenters. The van der Waals surface area contributed by atoms with E-state index in [1.54, 1.807) is 0 Å². The molecule has 0 bridgehead atoms. The van der Waals surface area contributed by atoms with Crippen LogP contribution < -0.4 is 5.73 Å². The number of aromatic nitrogens is 4. The molecule has 5 nitrogen and oxygen atoms in total. The highest BCUT2D eigenvalue weighted by Gasteiger charge is 2.16. The summed E-state index contributed by atoms with van der Waals surface area (Å²) in [6.45, 7) is 3.04. The van der Waals surface area contributed by atoms with Crippen LogP contribution in [0, 0.1) is 0 Å². The van der Waals surface area contributed by atoms with Crippen LogP contribution in [0.3, 0.4) is 0 Å². The first-order valence-electron chi connectivity index (χ1n) is 6.15. The van der Waals surface area contributed by atoms with Gasteiger partial charge in [-0.1, -0.05) is 6.92 Å². The highest BCUT2D eigenvalue weighted by molar-refractivity contribution is 9.10. The average molecular weight is 320 g/mol. The summed E-state index contributed by atoms with van der Waals surface area (Å²) < 4.78 is 4.88. The number of rotatable bonds is 3. The smallest absolute Gasteiger partial charge is 0.153 e. The lowest BCUT2D eigenvalue weighted by molar-refractivity contribution is 0.683. The van der Waals surface area contributed by atoms with E-state index in [9.17, 15) is 0 Å². The van der Waals surface area contributed by atoms with Gasteiger partial charge in [0.2, 0.25) is 0 Å². The molecular formula is C13H14BrN5. The Bertz CT molecular complexity index is 728. The van der Waals surface area contributed by atoms with Gasteiger partial charge in [-0.15, -0.1) is 0 Å². The molecule has 0 saturated heterocycles. The number of anilines is 1. The minimum absolute atomic E-state index is 0.633. The monoisotopic (exact) mass is 319 g/mol. The molecule has 0 aliphatic rings. The zero-order valence-electron chi connectivity index (χ0n) is 10.5. The van der Waals surface area contributed by atoms with Crippen molar-refractivity contribution in [2.24, 2.45) is 0 Å². The first kappa shape index (κ1) is 12.2. The highest BCUT2D eigenvalue weighted by atomic mass is 79.9. The Balaban J connectivity index is 2.22.